The summed E-state index contributed by atoms with van der Waals surface area (Å²) in [4.78, 5) is 0. The zero-order chi connectivity index (χ0) is 14.2. The standard InChI is InChI=1S/C14H11BrF2IN/c1-7-4-10(13(17)6-12(7)16)14(19)9-5-8(18)2-3-11(9)15/h2-6,14H,19H2,1H3. The van der Waals surface area contributed by atoms with Crippen LogP contribution in [-0.4, -0.2) is 0 Å². The van der Waals surface area contributed by atoms with Crippen LogP contribution < -0.4 is 5.73 Å². The van der Waals surface area contributed by atoms with Crippen LogP contribution in [0, 0.1) is 22.1 Å². The molecule has 1 nitrogen and oxygen atoms in total. The molecule has 0 aliphatic heterocycles. The van der Waals surface area contributed by atoms with Crippen LogP contribution in [0.4, 0.5) is 8.78 Å². The van der Waals surface area contributed by atoms with Crippen molar-refractivity contribution in [3.05, 3.63) is 66.7 Å². The molecule has 19 heavy (non-hydrogen) atoms. The number of rotatable bonds is 2. The third-order valence-electron chi connectivity index (χ3n) is 2.91. The molecule has 5 heteroatoms. The van der Waals surface area contributed by atoms with Crippen LogP contribution >= 0.6 is 38.5 Å². The van der Waals surface area contributed by atoms with Crippen LogP contribution in [0.2, 0.25) is 0 Å². The molecule has 0 amide bonds. The van der Waals surface area contributed by atoms with Gasteiger partial charge in [0.2, 0.25) is 0 Å². The van der Waals surface area contributed by atoms with E-state index in [0.29, 0.717) is 11.1 Å². The van der Waals surface area contributed by atoms with Crippen molar-refractivity contribution in [3.8, 4) is 0 Å². The number of nitrogens with two attached hydrogens (primary N) is 1. The third-order valence-corrected chi connectivity index (χ3v) is 4.30. The monoisotopic (exact) mass is 437 g/mol. The lowest BCUT2D eigenvalue weighted by atomic mass is 9.97. The van der Waals surface area contributed by atoms with Gasteiger partial charge in [0.05, 0.1) is 6.04 Å². The molecule has 0 fully saturated rings. The van der Waals surface area contributed by atoms with Crippen molar-refractivity contribution < 1.29 is 8.78 Å². The quantitative estimate of drug-likeness (QED) is 0.678. The van der Waals surface area contributed by atoms with Gasteiger partial charge in [0.15, 0.2) is 0 Å². The predicted octanol–water partition coefficient (Wildman–Crippen LogP) is 4.69. The first-order valence-electron chi connectivity index (χ1n) is 5.56. The molecule has 0 aliphatic carbocycles. The first-order valence-corrected chi connectivity index (χ1v) is 7.43. The van der Waals surface area contributed by atoms with Crippen molar-refractivity contribution >= 4 is 38.5 Å². The van der Waals surface area contributed by atoms with Gasteiger partial charge in [-0.3, -0.25) is 0 Å². The van der Waals surface area contributed by atoms with Gasteiger partial charge >= 0.3 is 0 Å². The fourth-order valence-corrected chi connectivity index (χ4v) is 2.85. The van der Waals surface area contributed by atoms with E-state index in [4.69, 9.17) is 5.73 Å². The minimum Gasteiger partial charge on any atom is -0.320 e. The maximum atomic E-state index is 13.9. The van der Waals surface area contributed by atoms with E-state index in [1.54, 1.807) is 6.92 Å². The van der Waals surface area contributed by atoms with E-state index in [9.17, 15) is 8.78 Å². The van der Waals surface area contributed by atoms with E-state index >= 15 is 0 Å². The summed E-state index contributed by atoms with van der Waals surface area (Å²) in [5, 5.41) is 0. The van der Waals surface area contributed by atoms with E-state index in [-0.39, 0.29) is 0 Å². The molecule has 2 N–H and O–H groups in total. The van der Waals surface area contributed by atoms with Gasteiger partial charge in [-0.15, -0.1) is 0 Å². The highest BCUT2D eigenvalue weighted by Crippen LogP contribution is 2.30. The Morgan fingerprint density at radius 1 is 1.11 bits per heavy atom. The molecule has 0 bridgehead atoms. The van der Waals surface area contributed by atoms with Gasteiger partial charge in [0.1, 0.15) is 11.6 Å². The Kier molecular flexibility index (Phi) is 4.58. The molecule has 0 aliphatic rings. The number of hydrogen-bond acceptors (Lipinski definition) is 1. The van der Waals surface area contributed by atoms with E-state index in [1.165, 1.54) is 6.07 Å². The second-order valence-electron chi connectivity index (χ2n) is 4.27. The van der Waals surface area contributed by atoms with Gasteiger partial charge in [-0.1, -0.05) is 15.9 Å². The minimum atomic E-state index is -0.636. The Hall–Kier alpha value is -0.530. The van der Waals surface area contributed by atoms with E-state index in [2.05, 4.69) is 38.5 Å². The molecule has 0 saturated heterocycles. The lowest BCUT2D eigenvalue weighted by molar-refractivity contribution is 0.560. The summed E-state index contributed by atoms with van der Waals surface area (Å²) in [5.74, 6) is -1.18. The molecule has 2 rings (SSSR count). The third kappa shape index (κ3) is 3.14. The molecule has 0 heterocycles. The first kappa shape index (κ1) is 14.9. The second kappa shape index (κ2) is 5.85. The molecule has 0 aromatic heterocycles. The molecule has 2 aromatic rings. The van der Waals surface area contributed by atoms with Gasteiger partial charge in [0, 0.05) is 19.7 Å². The van der Waals surface area contributed by atoms with E-state index in [1.807, 2.05) is 18.2 Å². The summed E-state index contributed by atoms with van der Waals surface area (Å²) in [6.45, 7) is 1.59. The van der Waals surface area contributed by atoms with E-state index in [0.717, 1.165) is 19.7 Å². The zero-order valence-electron chi connectivity index (χ0n) is 10.1. The van der Waals surface area contributed by atoms with Crippen molar-refractivity contribution in [1.82, 2.24) is 0 Å². The molecule has 0 radical (unpaired) electrons. The van der Waals surface area contributed by atoms with Gasteiger partial charge in [-0.25, -0.2) is 8.78 Å². The first-order chi connectivity index (χ1) is 8.90. The molecule has 0 saturated carbocycles. The van der Waals surface area contributed by atoms with Crippen molar-refractivity contribution in [2.45, 2.75) is 13.0 Å². The van der Waals surface area contributed by atoms with Crippen LogP contribution in [0.5, 0.6) is 0 Å². The smallest absolute Gasteiger partial charge is 0.131 e. The second-order valence-corrected chi connectivity index (χ2v) is 6.37. The lowest BCUT2D eigenvalue weighted by Gasteiger charge is -2.16. The normalized spacial score (nSPS) is 12.5. The summed E-state index contributed by atoms with van der Waals surface area (Å²) in [7, 11) is 0. The van der Waals surface area contributed by atoms with Gasteiger partial charge in [-0.2, -0.15) is 0 Å². The topological polar surface area (TPSA) is 26.0 Å². The highest BCUT2D eigenvalue weighted by Gasteiger charge is 2.18. The molecule has 0 spiro atoms. The Labute approximate surface area is 132 Å². The fourth-order valence-electron chi connectivity index (χ4n) is 1.84. The highest BCUT2D eigenvalue weighted by molar-refractivity contribution is 14.1. The number of halogens is 4. The maximum Gasteiger partial charge on any atom is 0.131 e. The van der Waals surface area contributed by atoms with Crippen LogP contribution in [-0.2, 0) is 0 Å². The Morgan fingerprint density at radius 2 is 1.79 bits per heavy atom. The van der Waals surface area contributed by atoms with Crippen molar-refractivity contribution in [3.63, 3.8) is 0 Å². The maximum absolute atomic E-state index is 13.9. The largest absolute Gasteiger partial charge is 0.320 e. The van der Waals surface area contributed by atoms with Crippen LogP contribution in [0.1, 0.15) is 22.7 Å². The molecular weight excluding hydrogens is 427 g/mol. The van der Waals surface area contributed by atoms with Crippen LogP contribution in [0.15, 0.2) is 34.8 Å². The average Bonchev–Trinajstić information content (AvgIpc) is 2.36. The fraction of sp³-hybridized carbons (Fsp3) is 0.143. The number of benzene rings is 2. The molecule has 2 aromatic carbocycles. The number of hydrogen-bond donors (Lipinski definition) is 1. The van der Waals surface area contributed by atoms with Gasteiger partial charge in [0.25, 0.3) is 0 Å². The summed E-state index contributed by atoms with van der Waals surface area (Å²) in [6, 6.07) is 7.38. The molecule has 1 unspecified atom stereocenters. The Balaban J connectivity index is 2.52. The summed E-state index contributed by atoms with van der Waals surface area (Å²) in [6.07, 6.45) is 0. The predicted molar refractivity (Wildman–Crippen MR) is 84.0 cm³/mol. The Bertz CT molecular complexity index is 631. The van der Waals surface area contributed by atoms with E-state index < -0.39 is 17.7 Å². The average molecular weight is 438 g/mol. The minimum absolute atomic E-state index is 0.293. The molecule has 100 valence electrons. The van der Waals surface area contributed by atoms with Crippen molar-refractivity contribution in [2.24, 2.45) is 5.73 Å². The summed E-state index contributed by atoms with van der Waals surface area (Å²) < 4.78 is 29.0. The van der Waals surface area contributed by atoms with Crippen molar-refractivity contribution in [2.75, 3.05) is 0 Å². The summed E-state index contributed by atoms with van der Waals surface area (Å²) >= 11 is 5.57. The SMILES string of the molecule is Cc1cc(C(N)c2cc(I)ccc2Br)c(F)cc1F. The lowest BCUT2D eigenvalue weighted by Crippen LogP contribution is -2.15. The van der Waals surface area contributed by atoms with Crippen LogP contribution in [0.3, 0.4) is 0 Å². The molecular formula is C14H11BrF2IN. The van der Waals surface area contributed by atoms with Gasteiger partial charge in [-0.05, 0) is 64.9 Å². The summed E-state index contributed by atoms with van der Waals surface area (Å²) in [5.41, 5.74) is 7.56. The molecule has 1 atom stereocenters. The number of aryl methyl sites for hydroxylation is 1. The van der Waals surface area contributed by atoms with Gasteiger partial charge < -0.3 is 5.73 Å². The van der Waals surface area contributed by atoms with Crippen LogP contribution in [0.25, 0.3) is 0 Å². The van der Waals surface area contributed by atoms with Crippen molar-refractivity contribution in [1.29, 1.82) is 0 Å². The zero-order valence-corrected chi connectivity index (χ0v) is 13.8. The highest BCUT2D eigenvalue weighted by atomic mass is 127. The Morgan fingerprint density at radius 3 is 2.47 bits per heavy atom.